The molecule has 1 amide bonds. The monoisotopic (exact) mass is 532 g/mol. The Bertz CT molecular complexity index is 1580. The molecule has 4 heterocycles. The van der Waals surface area contributed by atoms with E-state index in [0.717, 1.165) is 27.6 Å². The summed E-state index contributed by atoms with van der Waals surface area (Å²) < 4.78 is 22.8. The fourth-order valence-corrected chi connectivity index (χ4v) is 4.88. The van der Waals surface area contributed by atoms with Gasteiger partial charge in [-0.3, -0.25) is 14.5 Å². The molecule has 39 heavy (non-hydrogen) atoms. The lowest BCUT2D eigenvalue weighted by molar-refractivity contribution is 0.0486. The number of alkyl halides is 1. The number of fused-ring (bicyclic) bond motifs is 2. The van der Waals surface area contributed by atoms with E-state index in [4.69, 9.17) is 4.74 Å². The number of ether oxygens (including phenoxy) is 1. The Balaban J connectivity index is 1.73. The van der Waals surface area contributed by atoms with Crippen molar-refractivity contribution < 1.29 is 19.0 Å². The Morgan fingerprint density at radius 2 is 1.90 bits per heavy atom. The van der Waals surface area contributed by atoms with E-state index in [2.05, 4.69) is 20.4 Å². The Morgan fingerprint density at radius 1 is 1.18 bits per heavy atom. The third-order valence-electron chi connectivity index (χ3n) is 6.72. The first-order valence-corrected chi connectivity index (χ1v) is 12.9. The maximum atomic E-state index is 14.6. The molecule has 1 aromatic carbocycles. The number of benzene rings is 1. The first kappa shape index (κ1) is 26.4. The van der Waals surface area contributed by atoms with Crippen LogP contribution in [0.2, 0.25) is 0 Å². The first-order chi connectivity index (χ1) is 18.5. The minimum atomic E-state index is -1.47. The molecule has 0 saturated heterocycles. The lowest BCUT2D eigenvalue weighted by Gasteiger charge is -2.29. The van der Waals surface area contributed by atoms with Gasteiger partial charge in [-0.1, -0.05) is 0 Å². The van der Waals surface area contributed by atoms with Gasteiger partial charge in [-0.2, -0.15) is 5.10 Å². The number of rotatable bonds is 7. The molecule has 4 aromatic rings. The number of hydrogen-bond acceptors (Lipinski definition) is 6. The molecule has 0 bridgehead atoms. The van der Waals surface area contributed by atoms with Crippen LogP contribution < -0.4 is 10.1 Å². The fraction of sp³-hybridized carbons (Fsp3) is 0.345. The number of H-pyrrole nitrogens is 1. The van der Waals surface area contributed by atoms with Gasteiger partial charge in [-0.15, -0.1) is 0 Å². The predicted octanol–water partition coefficient (Wildman–Crippen LogP) is 4.99. The predicted molar refractivity (Wildman–Crippen MR) is 147 cm³/mol. The van der Waals surface area contributed by atoms with Crippen LogP contribution in [0.3, 0.4) is 0 Å². The molecular formula is C29H33FN6O3. The number of nitrogens with zero attached hydrogens (tertiary/aromatic N) is 4. The molecule has 1 aliphatic heterocycles. The molecule has 1 aliphatic rings. The van der Waals surface area contributed by atoms with Gasteiger partial charge in [-0.25, -0.2) is 4.39 Å². The second kappa shape index (κ2) is 9.85. The van der Waals surface area contributed by atoms with Crippen LogP contribution in [0.5, 0.6) is 11.5 Å². The van der Waals surface area contributed by atoms with E-state index in [0.29, 0.717) is 40.6 Å². The van der Waals surface area contributed by atoms with E-state index < -0.39 is 11.9 Å². The zero-order valence-electron chi connectivity index (χ0n) is 23.0. The summed E-state index contributed by atoms with van der Waals surface area (Å²) in [5.74, 6) is 0.978. The summed E-state index contributed by atoms with van der Waals surface area (Å²) in [5, 5.41) is 19.0. The fourth-order valence-electron chi connectivity index (χ4n) is 4.88. The van der Waals surface area contributed by atoms with Crippen molar-refractivity contribution in [1.82, 2.24) is 30.0 Å². The minimum absolute atomic E-state index is 0.0765. The molecule has 0 fully saturated rings. The number of aliphatic hydroxyl groups excluding tert-OH is 1. The van der Waals surface area contributed by atoms with Crippen LogP contribution in [-0.4, -0.2) is 54.9 Å². The zero-order chi connectivity index (χ0) is 28.1. The van der Waals surface area contributed by atoms with Crippen molar-refractivity contribution in [2.75, 3.05) is 13.6 Å². The van der Waals surface area contributed by atoms with Gasteiger partial charge in [0.25, 0.3) is 5.91 Å². The zero-order valence-corrected chi connectivity index (χ0v) is 23.0. The normalized spacial score (nSPS) is 15.3. The second-order valence-corrected chi connectivity index (χ2v) is 10.6. The Kier molecular flexibility index (Phi) is 6.67. The van der Waals surface area contributed by atoms with E-state index in [-0.39, 0.29) is 12.5 Å². The van der Waals surface area contributed by atoms with Crippen LogP contribution in [0.1, 0.15) is 65.4 Å². The van der Waals surface area contributed by atoms with Crippen molar-refractivity contribution in [2.45, 2.75) is 53.1 Å². The number of carbonyl (C=O) groups excluding carboxylic acids is 1. The number of carbonyl (C=O) groups is 1. The highest BCUT2D eigenvalue weighted by Gasteiger charge is 2.30. The smallest absolute Gasteiger partial charge is 0.267 e. The standard InChI is InChI=1S/C29H33FN6O3/c1-7-32-27(37)22-9-20-21(14-35(6)28(38)25(20)34-22)19-10-23-18(13-33-36(23)15-29(4,5)30)8-24(19)39-26-16(2)11-31-12-17(26)3/h8-14,28,34,38H,7,15H2,1-6H3,(H,32,37). The number of aliphatic hydroxyl groups is 1. The lowest BCUT2D eigenvalue weighted by Crippen LogP contribution is -2.25. The summed E-state index contributed by atoms with van der Waals surface area (Å²) in [6, 6.07) is 5.55. The van der Waals surface area contributed by atoms with E-state index in [1.54, 1.807) is 41.3 Å². The Hall–Kier alpha value is -4.18. The van der Waals surface area contributed by atoms with Gasteiger partial charge >= 0.3 is 0 Å². The number of aryl methyl sites for hydroxylation is 2. The van der Waals surface area contributed by atoms with Gasteiger partial charge in [-0.05, 0) is 52.8 Å². The van der Waals surface area contributed by atoms with Crippen LogP contribution in [0, 0.1) is 13.8 Å². The van der Waals surface area contributed by atoms with Gasteiger partial charge in [0.15, 0.2) is 6.23 Å². The third-order valence-corrected chi connectivity index (χ3v) is 6.72. The third kappa shape index (κ3) is 4.99. The quantitative estimate of drug-likeness (QED) is 0.309. The van der Waals surface area contributed by atoms with E-state index >= 15 is 0 Å². The van der Waals surface area contributed by atoms with E-state index in [1.165, 1.54) is 13.8 Å². The van der Waals surface area contributed by atoms with Crippen molar-refractivity contribution in [3.05, 3.63) is 76.6 Å². The summed E-state index contributed by atoms with van der Waals surface area (Å²) in [7, 11) is 1.76. The maximum Gasteiger partial charge on any atom is 0.267 e. The molecule has 1 atom stereocenters. The summed E-state index contributed by atoms with van der Waals surface area (Å²) in [6.45, 7) is 9.29. The topological polar surface area (TPSA) is 108 Å². The van der Waals surface area contributed by atoms with Crippen LogP contribution in [0.25, 0.3) is 16.5 Å². The second-order valence-electron chi connectivity index (χ2n) is 10.6. The van der Waals surface area contributed by atoms with Gasteiger partial charge in [0.1, 0.15) is 22.9 Å². The van der Waals surface area contributed by atoms with Gasteiger partial charge in [0.2, 0.25) is 0 Å². The van der Waals surface area contributed by atoms with Crippen LogP contribution in [-0.2, 0) is 6.54 Å². The first-order valence-electron chi connectivity index (χ1n) is 12.9. The molecule has 10 heteroatoms. The average Bonchev–Trinajstić information content (AvgIpc) is 3.47. The molecule has 1 unspecified atom stereocenters. The lowest BCUT2D eigenvalue weighted by atomic mass is 9.93. The number of halogens is 1. The summed E-state index contributed by atoms with van der Waals surface area (Å²) in [5.41, 5.74) is 3.98. The van der Waals surface area contributed by atoms with Crippen molar-refractivity contribution in [3.63, 3.8) is 0 Å². The number of pyridine rings is 1. The number of aromatic nitrogens is 4. The number of hydrogen-bond donors (Lipinski definition) is 3. The Morgan fingerprint density at radius 3 is 2.56 bits per heavy atom. The molecule has 9 nitrogen and oxygen atoms in total. The van der Waals surface area contributed by atoms with Crippen molar-refractivity contribution in [1.29, 1.82) is 0 Å². The largest absolute Gasteiger partial charge is 0.456 e. The molecule has 0 spiro atoms. The molecule has 0 radical (unpaired) electrons. The van der Waals surface area contributed by atoms with Gasteiger partial charge in [0, 0.05) is 65.4 Å². The highest BCUT2D eigenvalue weighted by atomic mass is 19.1. The molecule has 204 valence electrons. The molecule has 0 aliphatic carbocycles. The van der Waals surface area contributed by atoms with E-state index in [9.17, 15) is 14.3 Å². The van der Waals surface area contributed by atoms with Crippen LogP contribution in [0.15, 0.2) is 43.0 Å². The van der Waals surface area contributed by atoms with Crippen molar-refractivity contribution in [2.24, 2.45) is 0 Å². The summed E-state index contributed by atoms with van der Waals surface area (Å²) in [4.78, 5) is 21.7. The molecular weight excluding hydrogens is 499 g/mol. The number of amides is 1. The highest BCUT2D eigenvalue weighted by molar-refractivity contribution is 5.97. The summed E-state index contributed by atoms with van der Waals surface area (Å²) >= 11 is 0. The molecule has 3 aromatic heterocycles. The van der Waals surface area contributed by atoms with Gasteiger partial charge in [0.05, 0.1) is 24.0 Å². The van der Waals surface area contributed by atoms with Crippen LogP contribution >= 0.6 is 0 Å². The minimum Gasteiger partial charge on any atom is -0.456 e. The SMILES string of the molecule is CCNC(=O)c1cc2c([nH]1)C(O)N(C)C=C2c1cc2c(cnn2CC(C)(C)F)cc1Oc1c(C)cncc1C. The Labute approximate surface area is 226 Å². The van der Waals surface area contributed by atoms with Crippen molar-refractivity contribution >= 4 is 22.4 Å². The van der Waals surface area contributed by atoms with Crippen LogP contribution in [0.4, 0.5) is 4.39 Å². The molecule has 0 saturated carbocycles. The summed E-state index contributed by atoms with van der Waals surface area (Å²) in [6.07, 6.45) is 6.04. The maximum absolute atomic E-state index is 14.6. The number of aromatic amines is 1. The number of nitrogens with one attached hydrogen (secondary N) is 2. The average molecular weight is 533 g/mol. The molecule has 5 rings (SSSR count). The van der Waals surface area contributed by atoms with E-state index in [1.807, 2.05) is 39.1 Å². The van der Waals surface area contributed by atoms with Gasteiger partial charge < -0.3 is 25.0 Å². The highest BCUT2D eigenvalue weighted by Crippen LogP contribution is 2.43. The van der Waals surface area contributed by atoms with Crippen molar-refractivity contribution in [3.8, 4) is 11.5 Å². The molecule has 3 N–H and O–H groups in total.